The van der Waals surface area contributed by atoms with E-state index in [4.69, 9.17) is 8.83 Å². The quantitative estimate of drug-likeness (QED) is 0.165. The second-order valence-electron chi connectivity index (χ2n) is 14.8. The lowest BCUT2D eigenvalue weighted by atomic mass is 9.94. The van der Waals surface area contributed by atoms with Gasteiger partial charge in [0.05, 0.1) is 11.1 Å². The number of anilines is 3. The molecule has 0 atom stereocenters. The molecule has 10 aromatic carbocycles. The Balaban J connectivity index is 1.09. The summed E-state index contributed by atoms with van der Waals surface area (Å²) in [5.74, 6) is 0. The fraction of sp³-hybridized carbons (Fsp3) is 0. The second-order valence-corrected chi connectivity index (χ2v) is 14.8. The van der Waals surface area contributed by atoms with Crippen LogP contribution in [0.25, 0.3) is 98.4 Å². The molecular formula is C54H33NO2. The molecule has 0 spiro atoms. The summed E-state index contributed by atoms with van der Waals surface area (Å²) < 4.78 is 12.9. The molecule has 0 amide bonds. The molecule has 0 unspecified atom stereocenters. The lowest BCUT2D eigenvalue weighted by Gasteiger charge is -2.27. The van der Waals surface area contributed by atoms with E-state index < -0.39 is 0 Å². The van der Waals surface area contributed by atoms with E-state index in [1.165, 1.54) is 32.7 Å². The fourth-order valence-corrected chi connectivity index (χ4v) is 8.98. The molecule has 12 aromatic rings. The summed E-state index contributed by atoms with van der Waals surface area (Å²) in [6.45, 7) is 0. The van der Waals surface area contributed by atoms with Gasteiger partial charge in [0.15, 0.2) is 0 Å². The molecule has 2 aromatic heterocycles. The Morgan fingerprint density at radius 3 is 1.72 bits per heavy atom. The number of rotatable bonds is 5. The molecule has 0 bridgehead atoms. The first-order chi connectivity index (χ1) is 28.2. The number of fused-ring (bicyclic) bond motifs is 11. The van der Waals surface area contributed by atoms with Crippen LogP contribution in [0.2, 0.25) is 0 Å². The van der Waals surface area contributed by atoms with Crippen LogP contribution in [0, 0.1) is 0 Å². The van der Waals surface area contributed by atoms with Gasteiger partial charge in [0.1, 0.15) is 22.3 Å². The highest BCUT2D eigenvalue weighted by molar-refractivity contribution is 6.23. The molecule has 0 aliphatic heterocycles. The van der Waals surface area contributed by atoms with Crippen molar-refractivity contribution in [2.24, 2.45) is 0 Å². The average Bonchev–Trinajstić information content (AvgIpc) is 3.85. The molecule has 0 N–H and O–H groups in total. The maximum absolute atomic E-state index is 6.49. The van der Waals surface area contributed by atoms with Crippen molar-refractivity contribution in [3.63, 3.8) is 0 Å². The molecule has 2 heterocycles. The maximum Gasteiger partial charge on any atom is 0.137 e. The predicted molar refractivity (Wildman–Crippen MR) is 239 cm³/mol. The van der Waals surface area contributed by atoms with Crippen LogP contribution in [-0.4, -0.2) is 0 Å². The Hall–Kier alpha value is -7.62. The molecule has 0 aliphatic rings. The molecule has 3 nitrogen and oxygen atoms in total. The Kier molecular flexibility index (Phi) is 6.93. The minimum absolute atomic E-state index is 0.857. The van der Waals surface area contributed by atoms with Crippen LogP contribution in [-0.2, 0) is 0 Å². The van der Waals surface area contributed by atoms with Crippen LogP contribution in [0.15, 0.2) is 209 Å². The maximum atomic E-state index is 6.49. The normalized spacial score (nSPS) is 11.9. The molecule has 0 aliphatic carbocycles. The first-order valence-electron chi connectivity index (χ1n) is 19.4. The smallest absolute Gasteiger partial charge is 0.137 e. The standard InChI is InChI=1S/C54H33NO2/c1-2-11-35(12-3-1)46-33-52-53(43-15-6-8-18-49(43)57-52)42-30-29-40(32-47(42)46)55(48-17-10-20-51-54(48)44-16-7-9-19-50(44)56-51)39-27-25-34(26-28-39)38-24-23-37-22-21-36-13-4-5-14-41(36)45(37)31-38/h1-33H. The van der Waals surface area contributed by atoms with Crippen molar-refractivity contribution in [1.82, 2.24) is 0 Å². The molecule has 0 radical (unpaired) electrons. The highest BCUT2D eigenvalue weighted by Gasteiger charge is 2.22. The van der Waals surface area contributed by atoms with E-state index in [2.05, 4.69) is 187 Å². The monoisotopic (exact) mass is 727 g/mol. The summed E-state index contributed by atoms with van der Waals surface area (Å²) in [5.41, 5.74) is 11.3. The Morgan fingerprint density at radius 1 is 0.298 bits per heavy atom. The van der Waals surface area contributed by atoms with Gasteiger partial charge >= 0.3 is 0 Å². The minimum atomic E-state index is 0.857. The van der Waals surface area contributed by atoms with E-state index in [0.717, 1.165) is 82.8 Å². The molecule has 0 saturated heterocycles. The van der Waals surface area contributed by atoms with E-state index in [0.29, 0.717) is 0 Å². The van der Waals surface area contributed by atoms with E-state index in [9.17, 15) is 0 Å². The van der Waals surface area contributed by atoms with Gasteiger partial charge in [-0.2, -0.15) is 0 Å². The molecule has 0 saturated carbocycles. The first kappa shape index (κ1) is 31.7. The highest BCUT2D eigenvalue weighted by Crippen LogP contribution is 2.46. The number of benzene rings is 10. The van der Waals surface area contributed by atoms with Gasteiger partial charge in [-0.25, -0.2) is 0 Å². The van der Waals surface area contributed by atoms with Gasteiger partial charge in [-0.15, -0.1) is 0 Å². The fourth-order valence-electron chi connectivity index (χ4n) is 8.98. The van der Waals surface area contributed by atoms with Crippen LogP contribution in [0.3, 0.4) is 0 Å². The van der Waals surface area contributed by atoms with E-state index >= 15 is 0 Å². The minimum Gasteiger partial charge on any atom is -0.456 e. The zero-order chi connectivity index (χ0) is 37.5. The van der Waals surface area contributed by atoms with Crippen molar-refractivity contribution >= 4 is 93.3 Å². The van der Waals surface area contributed by atoms with Crippen molar-refractivity contribution in [3.8, 4) is 22.3 Å². The first-order valence-corrected chi connectivity index (χ1v) is 19.4. The van der Waals surface area contributed by atoms with Crippen LogP contribution < -0.4 is 4.90 Å². The highest BCUT2D eigenvalue weighted by atomic mass is 16.3. The summed E-state index contributed by atoms with van der Waals surface area (Å²) in [7, 11) is 0. The summed E-state index contributed by atoms with van der Waals surface area (Å²) >= 11 is 0. The largest absolute Gasteiger partial charge is 0.456 e. The Bertz CT molecular complexity index is 3520. The third-order valence-electron chi connectivity index (χ3n) is 11.6. The molecule has 3 heteroatoms. The summed E-state index contributed by atoms with van der Waals surface area (Å²) in [6, 6.07) is 71.6. The SMILES string of the molecule is c1ccc(-c2cc3oc4ccccc4c3c3ccc(N(c4ccc(-c5ccc6ccc7ccccc7c6c5)cc4)c4cccc5oc6ccccc6c45)cc23)cc1. The third-order valence-corrected chi connectivity index (χ3v) is 11.6. The van der Waals surface area contributed by atoms with Crippen molar-refractivity contribution < 1.29 is 8.83 Å². The van der Waals surface area contributed by atoms with Gasteiger partial charge in [0.2, 0.25) is 0 Å². The molecule has 266 valence electrons. The van der Waals surface area contributed by atoms with Gasteiger partial charge in [-0.3, -0.25) is 0 Å². The number of hydrogen-bond acceptors (Lipinski definition) is 3. The number of furan rings is 2. The van der Waals surface area contributed by atoms with Crippen LogP contribution in [0.5, 0.6) is 0 Å². The zero-order valence-corrected chi connectivity index (χ0v) is 30.8. The molecule has 0 fully saturated rings. The lowest BCUT2D eigenvalue weighted by Crippen LogP contribution is -2.10. The van der Waals surface area contributed by atoms with E-state index in [1.54, 1.807) is 0 Å². The summed E-state index contributed by atoms with van der Waals surface area (Å²) in [6.07, 6.45) is 0. The number of nitrogens with zero attached hydrogens (tertiary/aromatic N) is 1. The van der Waals surface area contributed by atoms with E-state index in [-0.39, 0.29) is 0 Å². The number of hydrogen-bond donors (Lipinski definition) is 0. The Labute approximate surface area is 328 Å². The average molecular weight is 728 g/mol. The topological polar surface area (TPSA) is 29.5 Å². The molecule has 12 rings (SSSR count). The van der Waals surface area contributed by atoms with E-state index in [1.807, 2.05) is 18.2 Å². The van der Waals surface area contributed by atoms with Crippen molar-refractivity contribution in [2.75, 3.05) is 4.90 Å². The zero-order valence-electron chi connectivity index (χ0n) is 30.8. The molecular weight excluding hydrogens is 695 g/mol. The number of para-hydroxylation sites is 2. The van der Waals surface area contributed by atoms with Crippen molar-refractivity contribution in [2.45, 2.75) is 0 Å². The lowest BCUT2D eigenvalue weighted by molar-refractivity contribution is 0.668. The van der Waals surface area contributed by atoms with Gasteiger partial charge in [-0.05, 0) is 115 Å². The third kappa shape index (κ3) is 4.99. The molecule has 57 heavy (non-hydrogen) atoms. The van der Waals surface area contributed by atoms with Crippen LogP contribution in [0.4, 0.5) is 17.1 Å². The Morgan fingerprint density at radius 2 is 0.912 bits per heavy atom. The summed E-state index contributed by atoms with van der Waals surface area (Å²) in [4.78, 5) is 2.38. The van der Waals surface area contributed by atoms with Crippen LogP contribution in [0.1, 0.15) is 0 Å². The van der Waals surface area contributed by atoms with Crippen LogP contribution >= 0.6 is 0 Å². The van der Waals surface area contributed by atoms with Gasteiger partial charge in [-0.1, -0.05) is 140 Å². The predicted octanol–water partition coefficient (Wildman–Crippen LogP) is 15.7. The van der Waals surface area contributed by atoms with Gasteiger partial charge in [0.25, 0.3) is 0 Å². The van der Waals surface area contributed by atoms with Gasteiger partial charge in [0, 0.05) is 27.5 Å². The van der Waals surface area contributed by atoms with Crippen molar-refractivity contribution in [1.29, 1.82) is 0 Å². The van der Waals surface area contributed by atoms with Gasteiger partial charge < -0.3 is 13.7 Å². The van der Waals surface area contributed by atoms with Crippen molar-refractivity contribution in [3.05, 3.63) is 200 Å². The second kappa shape index (κ2) is 12.5. The summed E-state index contributed by atoms with van der Waals surface area (Å²) in [5, 5.41) is 11.8.